The van der Waals surface area contributed by atoms with Gasteiger partial charge in [-0.15, -0.1) is 0 Å². The first kappa shape index (κ1) is 12.1. The monoisotopic (exact) mass is 269 g/mol. The van der Waals surface area contributed by atoms with Crippen LogP contribution in [-0.4, -0.2) is 4.98 Å². The molecular formula is C20H15N. The van der Waals surface area contributed by atoms with Crippen molar-refractivity contribution in [2.75, 3.05) is 0 Å². The Bertz CT molecular complexity index is 940. The predicted molar refractivity (Wildman–Crippen MR) is 89.4 cm³/mol. The number of hydrogen-bond donors (Lipinski definition) is 0. The van der Waals surface area contributed by atoms with Crippen LogP contribution in [0.3, 0.4) is 0 Å². The minimum Gasteiger partial charge on any atom is -0.256 e. The summed E-state index contributed by atoms with van der Waals surface area (Å²) in [6, 6.07) is 23.5. The van der Waals surface area contributed by atoms with E-state index in [9.17, 15) is 0 Å². The van der Waals surface area contributed by atoms with Crippen molar-refractivity contribution in [1.29, 1.82) is 0 Å². The molecule has 0 unspecified atom stereocenters. The molecule has 1 aromatic heterocycles. The summed E-state index contributed by atoms with van der Waals surface area (Å²) in [4.78, 5) is 4.54. The van der Waals surface area contributed by atoms with Crippen LogP contribution in [0.5, 0.6) is 0 Å². The summed E-state index contributed by atoms with van der Waals surface area (Å²) >= 11 is 0. The van der Waals surface area contributed by atoms with Gasteiger partial charge in [-0.05, 0) is 58.3 Å². The van der Waals surface area contributed by atoms with Crippen LogP contribution in [0, 0.1) is 6.92 Å². The molecule has 0 atom stereocenters. The fourth-order valence-electron chi connectivity index (χ4n) is 2.97. The van der Waals surface area contributed by atoms with E-state index in [2.05, 4.69) is 66.5 Å². The molecule has 4 rings (SSSR count). The first-order chi connectivity index (χ1) is 10.3. The fourth-order valence-corrected chi connectivity index (χ4v) is 2.97. The Balaban J connectivity index is 2.14. The molecule has 0 amide bonds. The van der Waals surface area contributed by atoms with Gasteiger partial charge in [0, 0.05) is 11.8 Å². The topological polar surface area (TPSA) is 12.9 Å². The number of nitrogens with zero attached hydrogens (tertiary/aromatic N) is 1. The Labute approximate surface area is 123 Å². The maximum atomic E-state index is 4.54. The number of aryl methyl sites for hydroxylation is 1. The fraction of sp³-hybridized carbons (Fsp3) is 0.0500. The Hall–Kier alpha value is -2.67. The van der Waals surface area contributed by atoms with Crippen LogP contribution in [0.2, 0.25) is 0 Å². The number of rotatable bonds is 1. The highest BCUT2D eigenvalue weighted by Crippen LogP contribution is 2.33. The highest BCUT2D eigenvalue weighted by atomic mass is 14.7. The SMILES string of the molecule is Cc1ccc2cc3ccccc3cc2c1-c1ccccn1. The predicted octanol–water partition coefficient (Wildman–Crippen LogP) is 5.36. The standard InChI is InChI=1S/C20H15N/c1-14-9-10-17-12-15-6-2-3-7-16(15)13-18(17)20(14)19-8-4-5-11-21-19/h2-13H,1H3. The van der Waals surface area contributed by atoms with Crippen molar-refractivity contribution in [2.45, 2.75) is 6.92 Å². The summed E-state index contributed by atoms with van der Waals surface area (Å²) in [7, 11) is 0. The summed E-state index contributed by atoms with van der Waals surface area (Å²) < 4.78 is 0. The van der Waals surface area contributed by atoms with Crippen LogP contribution in [0.1, 0.15) is 5.56 Å². The number of fused-ring (bicyclic) bond motifs is 2. The minimum absolute atomic E-state index is 1.04. The second-order valence-corrected chi connectivity index (χ2v) is 5.39. The summed E-state index contributed by atoms with van der Waals surface area (Å²) in [5, 5.41) is 5.08. The number of aromatic nitrogens is 1. The Kier molecular flexibility index (Phi) is 2.71. The maximum absolute atomic E-state index is 4.54. The second kappa shape index (κ2) is 4.71. The van der Waals surface area contributed by atoms with Crippen molar-refractivity contribution >= 4 is 21.5 Å². The van der Waals surface area contributed by atoms with Gasteiger partial charge in [-0.2, -0.15) is 0 Å². The third kappa shape index (κ3) is 1.98. The lowest BCUT2D eigenvalue weighted by atomic mass is 9.94. The average Bonchev–Trinajstić information content (AvgIpc) is 2.54. The van der Waals surface area contributed by atoms with E-state index < -0.39 is 0 Å². The van der Waals surface area contributed by atoms with E-state index in [0.717, 1.165) is 5.69 Å². The summed E-state index contributed by atoms with van der Waals surface area (Å²) in [5.74, 6) is 0. The van der Waals surface area contributed by atoms with Crippen LogP contribution in [0.25, 0.3) is 32.8 Å². The molecule has 0 aliphatic carbocycles. The number of hydrogen-bond acceptors (Lipinski definition) is 1. The Morgan fingerprint density at radius 2 is 1.48 bits per heavy atom. The van der Waals surface area contributed by atoms with Crippen molar-refractivity contribution in [3.63, 3.8) is 0 Å². The molecule has 1 heterocycles. The molecule has 0 bridgehead atoms. The van der Waals surface area contributed by atoms with E-state index in [4.69, 9.17) is 0 Å². The molecule has 1 heteroatoms. The van der Waals surface area contributed by atoms with E-state index in [1.54, 1.807) is 0 Å². The van der Waals surface area contributed by atoms with Crippen molar-refractivity contribution < 1.29 is 0 Å². The van der Waals surface area contributed by atoms with Crippen LogP contribution < -0.4 is 0 Å². The summed E-state index contributed by atoms with van der Waals surface area (Å²) in [6.07, 6.45) is 1.86. The molecule has 4 aromatic rings. The van der Waals surface area contributed by atoms with Crippen LogP contribution in [-0.2, 0) is 0 Å². The quantitative estimate of drug-likeness (QED) is 0.424. The first-order valence-electron chi connectivity index (χ1n) is 7.16. The Morgan fingerprint density at radius 1 is 0.714 bits per heavy atom. The zero-order chi connectivity index (χ0) is 14.2. The van der Waals surface area contributed by atoms with E-state index >= 15 is 0 Å². The van der Waals surface area contributed by atoms with Crippen LogP contribution in [0.15, 0.2) is 72.9 Å². The van der Waals surface area contributed by atoms with Crippen molar-refractivity contribution in [3.05, 3.63) is 78.5 Å². The van der Waals surface area contributed by atoms with E-state index in [1.165, 1.54) is 32.7 Å². The van der Waals surface area contributed by atoms with Crippen molar-refractivity contribution in [1.82, 2.24) is 4.98 Å². The lowest BCUT2D eigenvalue weighted by molar-refractivity contribution is 1.32. The average molecular weight is 269 g/mol. The molecule has 100 valence electrons. The number of pyridine rings is 1. The van der Waals surface area contributed by atoms with Crippen molar-refractivity contribution in [2.24, 2.45) is 0 Å². The van der Waals surface area contributed by atoms with Gasteiger partial charge in [0.15, 0.2) is 0 Å². The van der Waals surface area contributed by atoms with Crippen LogP contribution >= 0.6 is 0 Å². The molecule has 1 nitrogen and oxygen atoms in total. The van der Waals surface area contributed by atoms with E-state index in [-0.39, 0.29) is 0 Å². The zero-order valence-electron chi connectivity index (χ0n) is 11.9. The van der Waals surface area contributed by atoms with Crippen molar-refractivity contribution in [3.8, 4) is 11.3 Å². The van der Waals surface area contributed by atoms with Gasteiger partial charge in [-0.3, -0.25) is 4.98 Å². The van der Waals surface area contributed by atoms with Gasteiger partial charge in [-0.25, -0.2) is 0 Å². The molecule has 0 spiro atoms. The molecular weight excluding hydrogens is 254 g/mol. The lowest BCUT2D eigenvalue weighted by Gasteiger charge is -2.11. The van der Waals surface area contributed by atoms with Gasteiger partial charge >= 0.3 is 0 Å². The summed E-state index contributed by atoms with van der Waals surface area (Å²) in [6.45, 7) is 2.15. The molecule has 0 aliphatic rings. The number of benzene rings is 3. The smallest absolute Gasteiger partial charge is 0.0710 e. The molecule has 0 fully saturated rings. The third-order valence-corrected chi connectivity index (χ3v) is 4.02. The molecule has 0 radical (unpaired) electrons. The molecule has 21 heavy (non-hydrogen) atoms. The molecule has 0 N–H and O–H groups in total. The zero-order valence-corrected chi connectivity index (χ0v) is 11.9. The van der Waals surface area contributed by atoms with E-state index in [1.807, 2.05) is 18.3 Å². The third-order valence-electron chi connectivity index (χ3n) is 4.02. The van der Waals surface area contributed by atoms with E-state index in [0.29, 0.717) is 0 Å². The van der Waals surface area contributed by atoms with Gasteiger partial charge in [0.25, 0.3) is 0 Å². The van der Waals surface area contributed by atoms with Gasteiger partial charge in [0.1, 0.15) is 0 Å². The van der Waals surface area contributed by atoms with Gasteiger partial charge < -0.3 is 0 Å². The Morgan fingerprint density at radius 3 is 2.24 bits per heavy atom. The molecule has 0 saturated carbocycles. The minimum atomic E-state index is 1.04. The normalized spacial score (nSPS) is 11.1. The van der Waals surface area contributed by atoms with Crippen LogP contribution in [0.4, 0.5) is 0 Å². The van der Waals surface area contributed by atoms with Gasteiger partial charge in [-0.1, -0.05) is 42.5 Å². The highest BCUT2D eigenvalue weighted by Gasteiger charge is 2.09. The molecule has 0 aliphatic heterocycles. The second-order valence-electron chi connectivity index (χ2n) is 5.39. The molecule has 3 aromatic carbocycles. The lowest BCUT2D eigenvalue weighted by Crippen LogP contribution is -1.89. The summed E-state index contributed by atoms with van der Waals surface area (Å²) in [5.41, 5.74) is 3.53. The highest BCUT2D eigenvalue weighted by molar-refractivity contribution is 6.05. The largest absolute Gasteiger partial charge is 0.256 e. The molecule has 0 saturated heterocycles. The maximum Gasteiger partial charge on any atom is 0.0710 e. The first-order valence-corrected chi connectivity index (χ1v) is 7.16. The van der Waals surface area contributed by atoms with Gasteiger partial charge in [0.05, 0.1) is 5.69 Å². The van der Waals surface area contributed by atoms with Gasteiger partial charge in [0.2, 0.25) is 0 Å².